The van der Waals surface area contributed by atoms with Gasteiger partial charge in [-0.25, -0.2) is 8.42 Å². The van der Waals surface area contributed by atoms with Crippen LogP contribution in [-0.2, 0) is 9.84 Å². The second-order valence-electron chi connectivity index (χ2n) is 4.97. The molecule has 0 atom stereocenters. The first kappa shape index (κ1) is 14.4. The summed E-state index contributed by atoms with van der Waals surface area (Å²) < 4.78 is 25.6. The second kappa shape index (κ2) is 5.02. The fraction of sp³-hybridized carbons (Fsp3) is 0.417. The summed E-state index contributed by atoms with van der Waals surface area (Å²) in [6.07, 6.45) is 1.15. The van der Waals surface area contributed by atoms with Crippen molar-refractivity contribution in [1.82, 2.24) is 9.55 Å². The predicted octanol–water partition coefficient (Wildman–Crippen LogP) is 3.76. The van der Waals surface area contributed by atoms with E-state index in [0.29, 0.717) is 27.7 Å². The summed E-state index contributed by atoms with van der Waals surface area (Å²) in [5.74, 6) is 0.404. The molecule has 0 saturated carbocycles. The van der Waals surface area contributed by atoms with Gasteiger partial charge >= 0.3 is 0 Å². The van der Waals surface area contributed by atoms with Gasteiger partial charge in [-0.15, -0.1) is 0 Å². The molecule has 0 radical (unpaired) electrons. The van der Waals surface area contributed by atoms with E-state index >= 15 is 0 Å². The SMILES string of the molecule is O=S1(=O)CCC(n2c(=S)[nH]c3cc(Cl)c(Cl)cc32)CC1. The molecule has 1 saturated heterocycles. The van der Waals surface area contributed by atoms with Gasteiger partial charge < -0.3 is 9.55 Å². The van der Waals surface area contributed by atoms with E-state index in [1.54, 1.807) is 12.1 Å². The van der Waals surface area contributed by atoms with Crippen molar-refractivity contribution in [3.05, 3.63) is 26.9 Å². The first-order chi connectivity index (χ1) is 9.37. The van der Waals surface area contributed by atoms with E-state index in [0.717, 1.165) is 11.0 Å². The molecule has 3 rings (SSSR count). The number of benzene rings is 1. The Morgan fingerprint density at radius 2 is 1.80 bits per heavy atom. The lowest BCUT2D eigenvalue weighted by Crippen LogP contribution is -2.25. The van der Waals surface area contributed by atoms with Crippen LogP contribution in [0.4, 0.5) is 0 Å². The summed E-state index contributed by atoms with van der Waals surface area (Å²) >= 11 is 17.4. The summed E-state index contributed by atoms with van der Waals surface area (Å²) in [6.45, 7) is 0. The molecule has 20 heavy (non-hydrogen) atoms. The minimum absolute atomic E-state index is 0.0806. The average Bonchev–Trinajstić information content (AvgIpc) is 2.66. The maximum Gasteiger partial charge on any atom is 0.178 e. The number of rotatable bonds is 1. The highest BCUT2D eigenvalue weighted by Crippen LogP contribution is 2.32. The number of nitrogens with zero attached hydrogens (tertiary/aromatic N) is 1. The number of fused-ring (bicyclic) bond motifs is 1. The number of aromatic amines is 1. The largest absolute Gasteiger partial charge is 0.331 e. The average molecular weight is 351 g/mol. The number of H-pyrrole nitrogens is 1. The highest BCUT2D eigenvalue weighted by molar-refractivity contribution is 7.91. The Morgan fingerprint density at radius 1 is 1.20 bits per heavy atom. The summed E-state index contributed by atoms with van der Waals surface area (Å²) in [6, 6.07) is 3.59. The molecular weight excluding hydrogens is 339 g/mol. The molecule has 0 unspecified atom stereocenters. The third-order valence-electron chi connectivity index (χ3n) is 3.65. The quantitative estimate of drug-likeness (QED) is 0.796. The van der Waals surface area contributed by atoms with Gasteiger partial charge in [-0.05, 0) is 37.2 Å². The van der Waals surface area contributed by atoms with Crippen molar-refractivity contribution in [3.63, 3.8) is 0 Å². The van der Waals surface area contributed by atoms with Crippen LogP contribution in [0.2, 0.25) is 10.0 Å². The van der Waals surface area contributed by atoms with Gasteiger partial charge in [0.25, 0.3) is 0 Å². The standard InChI is InChI=1S/C12H12Cl2N2O2S2/c13-8-5-10-11(6-9(8)14)16(12(19)15-10)7-1-3-20(17,18)4-2-7/h5-7H,1-4H2,(H,15,19). The molecule has 8 heteroatoms. The first-order valence-electron chi connectivity index (χ1n) is 6.17. The third-order valence-corrected chi connectivity index (χ3v) is 6.38. The topological polar surface area (TPSA) is 54.9 Å². The summed E-state index contributed by atoms with van der Waals surface area (Å²) in [5, 5.41) is 0.930. The maximum absolute atomic E-state index is 11.5. The molecule has 2 aromatic rings. The van der Waals surface area contributed by atoms with Crippen molar-refractivity contribution in [2.24, 2.45) is 0 Å². The first-order valence-corrected chi connectivity index (χ1v) is 9.15. The van der Waals surface area contributed by atoms with Crippen LogP contribution in [0.5, 0.6) is 0 Å². The highest BCUT2D eigenvalue weighted by atomic mass is 35.5. The van der Waals surface area contributed by atoms with Crippen LogP contribution in [0.25, 0.3) is 11.0 Å². The van der Waals surface area contributed by atoms with Gasteiger partial charge in [-0.1, -0.05) is 23.2 Å². The molecule has 1 aromatic heterocycles. The Morgan fingerprint density at radius 3 is 2.45 bits per heavy atom. The van der Waals surface area contributed by atoms with Gasteiger partial charge in [0, 0.05) is 6.04 Å². The van der Waals surface area contributed by atoms with Crippen LogP contribution >= 0.6 is 35.4 Å². The van der Waals surface area contributed by atoms with Gasteiger partial charge in [-0.2, -0.15) is 0 Å². The van der Waals surface area contributed by atoms with Crippen LogP contribution in [0.3, 0.4) is 0 Å². The zero-order valence-electron chi connectivity index (χ0n) is 10.4. The van der Waals surface area contributed by atoms with Crippen molar-refractivity contribution >= 4 is 56.3 Å². The Balaban J connectivity index is 2.10. The van der Waals surface area contributed by atoms with Gasteiger partial charge in [0.15, 0.2) is 4.77 Å². The Bertz CT molecular complexity index is 825. The van der Waals surface area contributed by atoms with E-state index in [2.05, 4.69) is 4.98 Å². The molecule has 0 aliphatic carbocycles. The van der Waals surface area contributed by atoms with Crippen LogP contribution in [0.15, 0.2) is 12.1 Å². The minimum atomic E-state index is -2.89. The Labute approximate surface area is 131 Å². The fourth-order valence-electron chi connectivity index (χ4n) is 2.62. The number of hydrogen-bond donors (Lipinski definition) is 1. The maximum atomic E-state index is 11.5. The molecule has 1 N–H and O–H groups in total. The third kappa shape index (κ3) is 2.50. The van der Waals surface area contributed by atoms with Crippen molar-refractivity contribution < 1.29 is 8.42 Å². The number of sulfone groups is 1. The van der Waals surface area contributed by atoms with E-state index in [-0.39, 0.29) is 17.5 Å². The number of hydrogen-bond acceptors (Lipinski definition) is 3. The van der Waals surface area contributed by atoms with E-state index in [1.165, 1.54) is 0 Å². The van der Waals surface area contributed by atoms with Gasteiger partial charge in [0.1, 0.15) is 9.84 Å². The number of nitrogens with one attached hydrogen (secondary N) is 1. The predicted molar refractivity (Wildman–Crippen MR) is 84.1 cm³/mol. The zero-order valence-corrected chi connectivity index (χ0v) is 13.5. The van der Waals surface area contributed by atoms with Crippen LogP contribution in [0, 0.1) is 4.77 Å². The van der Waals surface area contributed by atoms with E-state index in [1.807, 2.05) is 4.57 Å². The normalized spacial score (nSPS) is 19.5. The second-order valence-corrected chi connectivity index (χ2v) is 8.47. The summed E-state index contributed by atoms with van der Waals surface area (Å²) in [4.78, 5) is 3.10. The zero-order chi connectivity index (χ0) is 14.5. The lowest BCUT2D eigenvalue weighted by molar-refractivity contribution is 0.455. The van der Waals surface area contributed by atoms with Crippen molar-refractivity contribution in [2.75, 3.05) is 11.5 Å². The molecule has 0 amide bonds. The Kier molecular flexibility index (Phi) is 3.61. The number of imidazole rings is 1. The lowest BCUT2D eigenvalue weighted by atomic mass is 10.1. The van der Waals surface area contributed by atoms with Crippen LogP contribution < -0.4 is 0 Å². The monoisotopic (exact) mass is 350 g/mol. The minimum Gasteiger partial charge on any atom is -0.331 e. The molecule has 1 aliphatic rings. The number of aromatic nitrogens is 2. The molecule has 4 nitrogen and oxygen atoms in total. The highest BCUT2D eigenvalue weighted by Gasteiger charge is 2.26. The molecular formula is C12H12Cl2N2O2S2. The van der Waals surface area contributed by atoms with Gasteiger partial charge in [0.05, 0.1) is 32.6 Å². The summed E-state index contributed by atoms with van der Waals surface area (Å²) in [5.41, 5.74) is 1.69. The van der Waals surface area contributed by atoms with Crippen LogP contribution in [-0.4, -0.2) is 29.5 Å². The molecule has 2 heterocycles. The van der Waals surface area contributed by atoms with Gasteiger partial charge in [0.2, 0.25) is 0 Å². The molecule has 1 aromatic carbocycles. The molecule has 1 fully saturated rings. The van der Waals surface area contributed by atoms with E-state index in [4.69, 9.17) is 35.4 Å². The van der Waals surface area contributed by atoms with Gasteiger partial charge in [-0.3, -0.25) is 0 Å². The molecule has 1 aliphatic heterocycles. The van der Waals surface area contributed by atoms with Crippen molar-refractivity contribution in [1.29, 1.82) is 0 Å². The van der Waals surface area contributed by atoms with Crippen LogP contribution in [0.1, 0.15) is 18.9 Å². The lowest BCUT2D eigenvalue weighted by Gasteiger charge is -2.24. The number of halogens is 2. The van der Waals surface area contributed by atoms with E-state index < -0.39 is 9.84 Å². The van der Waals surface area contributed by atoms with Crippen molar-refractivity contribution in [2.45, 2.75) is 18.9 Å². The smallest absolute Gasteiger partial charge is 0.178 e. The van der Waals surface area contributed by atoms with E-state index in [9.17, 15) is 8.42 Å². The Hall–Kier alpha value is -0.560. The molecule has 0 spiro atoms. The molecule has 0 bridgehead atoms. The fourth-order valence-corrected chi connectivity index (χ4v) is 4.76. The molecule has 108 valence electrons. The summed E-state index contributed by atoms with van der Waals surface area (Å²) in [7, 11) is -2.89. The van der Waals surface area contributed by atoms with Crippen molar-refractivity contribution in [3.8, 4) is 0 Å².